The molecule has 0 aliphatic heterocycles. The van der Waals surface area contributed by atoms with Gasteiger partial charge in [0.05, 0.1) is 17.6 Å². The SMILES string of the molecule is CN(N=Cc1ccccc1F)c1nc(-c2ccccc2)cc(-c2ccccc2)n1. The fraction of sp³-hybridized carbons (Fsp3) is 0.0417. The summed E-state index contributed by atoms with van der Waals surface area (Å²) < 4.78 is 13.9. The topological polar surface area (TPSA) is 41.4 Å². The lowest BCUT2D eigenvalue weighted by Crippen LogP contribution is -2.14. The largest absolute Gasteiger partial charge is 0.247 e. The average molecular weight is 382 g/mol. The van der Waals surface area contributed by atoms with E-state index in [1.54, 1.807) is 30.3 Å². The van der Waals surface area contributed by atoms with Crippen molar-refractivity contribution in [1.82, 2.24) is 9.97 Å². The molecule has 4 aromatic rings. The molecular weight excluding hydrogens is 363 g/mol. The Morgan fingerprint density at radius 2 is 1.28 bits per heavy atom. The highest BCUT2D eigenvalue weighted by Gasteiger charge is 2.11. The summed E-state index contributed by atoms with van der Waals surface area (Å²) in [5.74, 6) is 0.103. The van der Waals surface area contributed by atoms with Crippen molar-refractivity contribution >= 4 is 12.2 Å². The van der Waals surface area contributed by atoms with Gasteiger partial charge in [-0.15, -0.1) is 0 Å². The first-order chi connectivity index (χ1) is 14.2. The summed E-state index contributed by atoms with van der Waals surface area (Å²) in [5.41, 5.74) is 3.96. The van der Waals surface area contributed by atoms with Crippen molar-refractivity contribution in [3.05, 3.63) is 102 Å². The van der Waals surface area contributed by atoms with Gasteiger partial charge in [-0.2, -0.15) is 5.10 Å². The lowest BCUT2D eigenvalue weighted by Gasteiger charge is -2.14. The summed E-state index contributed by atoms with van der Waals surface area (Å²) >= 11 is 0. The van der Waals surface area contributed by atoms with E-state index in [-0.39, 0.29) is 5.82 Å². The van der Waals surface area contributed by atoms with Crippen LogP contribution in [-0.4, -0.2) is 23.2 Å². The number of benzene rings is 3. The van der Waals surface area contributed by atoms with Crippen LogP contribution in [0.1, 0.15) is 5.56 Å². The van der Waals surface area contributed by atoms with E-state index >= 15 is 0 Å². The van der Waals surface area contributed by atoms with Crippen LogP contribution in [0.5, 0.6) is 0 Å². The first kappa shape index (κ1) is 18.5. The number of anilines is 1. The molecule has 29 heavy (non-hydrogen) atoms. The molecule has 0 fully saturated rings. The van der Waals surface area contributed by atoms with Crippen molar-refractivity contribution in [2.45, 2.75) is 0 Å². The maximum Gasteiger partial charge on any atom is 0.247 e. The summed E-state index contributed by atoms with van der Waals surface area (Å²) in [6.07, 6.45) is 1.47. The molecule has 0 saturated heterocycles. The van der Waals surface area contributed by atoms with E-state index in [4.69, 9.17) is 0 Å². The maximum atomic E-state index is 13.9. The summed E-state index contributed by atoms with van der Waals surface area (Å²) in [6.45, 7) is 0. The molecule has 3 aromatic carbocycles. The van der Waals surface area contributed by atoms with E-state index in [1.807, 2.05) is 66.7 Å². The fourth-order valence-corrected chi connectivity index (χ4v) is 2.87. The highest BCUT2D eigenvalue weighted by Crippen LogP contribution is 2.26. The Labute approximate surface area is 169 Å². The van der Waals surface area contributed by atoms with Crippen LogP contribution in [0.2, 0.25) is 0 Å². The van der Waals surface area contributed by atoms with Gasteiger partial charge in [-0.25, -0.2) is 19.4 Å². The van der Waals surface area contributed by atoms with Crippen molar-refractivity contribution in [1.29, 1.82) is 0 Å². The molecule has 0 radical (unpaired) electrons. The Morgan fingerprint density at radius 1 is 0.759 bits per heavy atom. The number of hydrogen-bond acceptors (Lipinski definition) is 4. The first-order valence-electron chi connectivity index (χ1n) is 9.23. The van der Waals surface area contributed by atoms with Crippen LogP contribution < -0.4 is 5.01 Å². The maximum absolute atomic E-state index is 13.9. The molecule has 0 atom stereocenters. The first-order valence-corrected chi connectivity index (χ1v) is 9.23. The highest BCUT2D eigenvalue weighted by atomic mass is 19.1. The second kappa shape index (κ2) is 8.44. The summed E-state index contributed by atoms with van der Waals surface area (Å²) in [7, 11) is 1.75. The zero-order chi connectivity index (χ0) is 20.1. The standard InChI is InChI=1S/C24H19FN4/c1-29(26-17-20-14-8-9-15-21(20)25)24-27-22(18-10-4-2-5-11-18)16-23(28-24)19-12-6-3-7-13-19/h2-17H,1H3. The van der Waals surface area contributed by atoms with E-state index in [0.29, 0.717) is 11.5 Å². The lowest BCUT2D eigenvalue weighted by molar-refractivity contribution is 0.626. The lowest BCUT2D eigenvalue weighted by atomic mass is 10.1. The molecule has 4 rings (SSSR count). The van der Waals surface area contributed by atoms with Crippen molar-refractivity contribution < 1.29 is 4.39 Å². The van der Waals surface area contributed by atoms with Gasteiger partial charge in [0.2, 0.25) is 5.95 Å². The van der Waals surface area contributed by atoms with Gasteiger partial charge in [-0.3, -0.25) is 0 Å². The molecule has 4 nitrogen and oxygen atoms in total. The number of rotatable bonds is 5. The second-order valence-electron chi connectivity index (χ2n) is 6.46. The number of halogens is 1. The zero-order valence-electron chi connectivity index (χ0n) is 15.9. The van der Waals surface area contributed by atoms with Crippen molar-refractivity contribution in [2.24, 2.45) is 5.10 Å². The minimum absolute atomic E-state index is 0.325. The van der Waals surface area contributed by atoms with E-state index < -0.39 is 0 Å². The molecule has 142 valence electrons. The molecule has 0 amide bonds. The third-order valence-electron chi connectivity index (χ3n) is 4.42. The van der Waals surface area contributed by atoms with Gasteiger partial charge in [-0.05, 0) is 12.1 Å². The Morgan fingerprint density at radius 3 is 1.83 bits per heavy atom. The molecule has 0 aliphatic carbocycles. The van der Waals surface area contributed by atoms with Gasteiger partial charge in [0.15, 0.2) is 0 Å². The monoisotopic (exact) mass is 382 g/mol. The Bertz CT molecular complexity index is 1070. The molecular formula is C24H19FN4. The predicted molar refractivity (Wildman–Crippen MR) is 115 cm³/mol. The summed E-state index contributed by atoms with van der Waals surface area (Å²) in [4.78, 5) is 9.34. The smallest absolute Gasteiger partial charge is 0.235 e. The van der Waals surface area contributed by atoms with Gasteiger partial charge in [0, 0.05) is 23.7 Å². The van der Waals surface area contributed by atoms with Crippen LogP contribution in [0, 0.1) is 5.82 Å². The van der Waals surface area contributed by atoms with E-state index in [1.165, 1.54) is 12.3 Å². The molecule has 5 heteroatoms. The van der Waals surface area contributed by atoms with Crippen LogP contribution in [0.4, 0.5) is 10.3 Å². The van der Waals surface area contributed by atoms with Crippen molar-refractivity contribution in [2.75, 3.05) is 12.1 Å². The van der Waals surface area contributed by atoms with Crippen LogP contribution in [0.25, 0.3) is 22.5 Å². The molecule has 0 saturated carbocycles. The molecule has 0 N–H and O–H groups in total. The average Bonchev–Trinajstić information content (AvgIpc) is 2.79. The van der Waals surface area contributed by atoms with Crippen molar-refractivity contribution in [3.63, 3.8) is 0 Å². The Balaban J connectivity index is 1.75. The van der Waals surface area contributed by atoms with E-state index in [2.05, 4.69) is 15.1 Å². The highest BCUT2D eigenvalue weighted by molar-refractivity contribution is 5.80. The Kier molecular flexibility index (Phi) is 5.38. The third-order valence-corrected chi connectivity index (χ3v) is 4.42. The minimum atomic E-state index is -0.325. The molecule has 1 heterocycles. The molecule has 0 aliphatic rings. The van der Waals surface area contributed by atoms with Crippen LogP contribution in [0.15, 0.2) is 96.1 Å². The summed E-state index contributed by atoms with van der Waals surface area (Å²) in [6, 6.07) is 28.3. The van der Waals surface area contributed by atoms with Gasteiger partial charge >= 0.3 is 0 Å². The van der Waals surface area contributed by atoms with Gasteiger partial charge in [0.1, 0.15) is 5.82 Å². The van der Waals surface area contributed by atoms with Crippen LogP contribution in [0.3, 0.4) is 0 Å². The van der Waals surface area contributed by atoms with Gasteiger partial charge < -0.3 is 0 Å². The van der Waals surface area contributed by atoms with E-state index in [0.717, 1.165) is 22.5 Å². The number of hydrazone groups is 1. The second-order valence-corrected chi connectivity index (χ2v) is 6.46. The molecule has 1 aromatic heterocycles. The van der Waals surface area contributed by atoms with Crippen LogP contribution >= 0.6 is 0 Å². The minimum Gasteiger partial charge on any atom is -0.235 e. The third kappa shape index (κ3) is 4.35. The number of nitrogens with zero attached hydrogens (tertiary/aromatic N) is 4. The fourth-order valence-electron chi connectivity index (χ4n) is 2.87. The normalized spacial score (nSPS) is 11.0. The molecule has 0 bridgehead atoms. The number of aromatic nitrogens is 2. The van der Waals surface area contributed by atoms with E-state index in [9.17, 15) is 4.39 Å². The van der Waals surface area contributed by atoms with Gasteiger partial charge in [0.25, 0.3) is 0 Å². The Hall–Kier alpha value is -3.86. The van der Waals surface area contributed by atoms with Crippen molar-refractivity contribution in [3.8, 4) is 22.5 Å². The number of hydrogen-bond donors (Lipinski definition) is 0. The predicted octanol–water partition coefficient (Wildman–Crippen LogP) is 5.42. The van der Waals surface area contributed by atoms with Gasteiger partial charge in [-0.1, -0.05) is 78.9 Å². The quantitative estimate of drug-likeness (QED) is 0.342. The molecule has 0 spiro atoms. The summed E-state index contributed by atoms with van der Waals surface area (Å²) in [5, 5.41) is 5.89. The zero-order valence-corrected chi connectivity index (χ0v) is 15.9. The molecule has 0 unspecified atom stereocenters. The van der Waals surface area contributed by atoms with Crippen LogP contribution in [-0.2, 0) is 0 Å².